The lowest BCUT2D eigenvalue weighted by Gasteiger charge is -2.54. The van der Waals surface area contributed by atoms with E-state index in [1.807, 2.05) is 23.6 Å². The Bertz CT molecular complexity index is 1080. The first-order valence-corrected chi connectivity index (χ1v) is 12.5. The number of aromatic hydroxyl groups is 1. The maximum absolute atomic E-state index is 13.6. The van der Waals surface area contributed by atoms with Gasteiger partial charge in [-0.1, -0.05) is 25.8 Å². The van der Waals surface area contributed by atoms with Gasteiger partial charge in [-0.2, -0.15) is 0 Å². The van der Waals surface area contributed by atoms with E-state index >= 15 is 0 Å². The Morgan fingerprint density at radius 3 is 2.38 bits per heavy atom. The van der Waals surface area contributed by atoms with Gasteiger partial charge in [0.2, 0.25) is 0 Å². The number of hydrogen-bond acceptors (Lipinski definition) is 4. The van der Waals surface area contributed by atoms with Crippen molar-refractivity contribution in [1.82, 2.24) is 4.57 Å². The normalized spacial score (nSPS) is 28.9. The molecular formula is C27H36N2O3. The van der Waals surface area contributed by atoms with Gasteiger partial charge in [-0.25, -0.2) is 0 Å². The van der Waals surface area contributed by atoms with Crippen molar-refractivity contribution in [3.8, 4) is 5.75 Å². The molecule has 6 rings (SSSR count). The second-order valence-corrected chi connectivity index (χ2v) is 10.8. The van der Waals surface area contributed by atoms with Gasteiger partial charge in [0.25, 0.3) is 5.56 Å². The second kappa shape index (κ2) is 8.33. The molecule has 4 fully saturated rings. The van der Waals surface area contributed by atoms with Crippen LogP contribution in [0.1, 0.15) is 81.4 Å². The number of benzene rings is 1. The summed E-state index contributed by atoms with van der Waals surface area (Å²) in [5.41, 5.74) is 2.53. The van der Waals surface area contributed by atoms with E-state index in [1.54, 1.807) is 6.21 Å². The third-order valence-corrected chi connectivity index (χ3v) is 8.26. The number of hydrogen-bond donors (Lipinski definition) is 2. The smallest absolute Gasteiger partial charge is 0.263 e. The Balaban J connectivity index is 1.61. The summed E-state index contributed by atoms with van der Waals surface area (Å²) in [6.45, 7) is 4.63. The van der Waals surface area contributed by atoms with Crippen molar-refractivity contribution in [2.24, 2.45) is 22.7 Å². The fraction of sp³-hybridized carbons (Fsp3) is 0.630. The number of aliphatic imine (C=N–C) groups is 1. The predicted molar refractivity (Wildman–Crippen MR) is 129 cm³/mol. The summed E-state index contributed by atoms with van der Waals surface area (Å²) in [7, 11) is 0. The van der Waals surface area contributed by atoms with Gasteiger partial charge in [-0.3, -0.25) is 9.79 Å². The van der Waals surface area contributed by atoms with Crippen LogP contribution in [0.3, 0.4) is 0 Å². The van der Waals surface area contributed by atoms with E-state index in [0.29, 0.717) is 17.5 Å². The van der Waals surface area contributed by atoms with Crippen molar-refractivity contribution < 1.29 is 10.2 Å². The largest absolute Gasteiger partial charge is 0.506 e. The summed E-state index contributed by atoms with van der Waals surface area (Å²) in [6.07, 6.45) is 12.2. The van der Waals surface area contributed by atoms with Gasteiger partial charge in [-0.15, -0.1) is 0 Å². The SMILES string of the molecule is CCCCCn1c(=O)c(C=NC23CC4CC(CC(C4)C2)C3)c(O)c2cc(CO)cc(C)c21. The zero-order chi connectivity index (χ0) is 22.5. The van der Waals surface area contributed by atoms with Crippen molar-refractivity contribution in [2.45, 2.75) is 90.3 Å². The highest BCUT2D eigenvalue weighted by atomic mass is 16.3. The monoisotopic (exact) mass is 436 g/mol. The van der Waals surface area contributed by atoms with E-state index in [-0.39, 0.29) is 23.5 Å². The summed E-state index contributed by atoms with van der Waals surface area (Å²) in [6, 6.07) is 3.72. The van der Waals surface area contributed by atoms with Gasteiger partial charge in [0.15, 0.2) is 0 Å². The topological polar surface area (TPSA) is 74.8 Å². The first kappa shape index (κ1) is 21.7. The molecule has 1 aromatic carbocycles. The van der Waals surface area contributed by atoms with Crippen LogP contribution in [0.25, 0.3) is 10.9 Å². The van der Waals surface area contributed by atoms with Crippen LogP contribution in [-0.4, -0.2) is 26.5 Å². The average Bonchev–Trinajstić information content (AvgIpc) is 2.75. The fourth-order valence-electron chi connectivity index (χ4n) is 7.25. The van der Waals surface area contributed by atoms with Crippen molar-refractivity contribution in [1.29, 1.82) is 0 Å². The summed E-state index contributed by atoms with van der Waals surface area (Å²) in [5, 5.41) is 21.5. The molecule has 4 saturated carbocycles. The van der Waals surface area contributed by atoms with E-state index in [0.717, 1.165) is 72.9 Å². The van der Waals surface area contributed by atoms with Crippen LogP contribution in [0, 0.1) is 24.7 Å². The molecule has 0 atom stereocenters. The molecule has 1 heterocycles. The minimum absolute atomic E-state index is 0.00335. The number of nitrogens with zero attached hydrogens (tertiary/aromatic N) is 2. The zero-order valence-electron chi connectivity index (χ0n) is 19.4. The van der Waals surface area contributed by atoms with E-state index < -0.39 is 0 Å². The molecule has 0 unspecified atom stereocenters. The molecule has 5 heteroatoms. The quantitative estimate of drug-likeness (QED) is 0.469. The molecule has 2 aromatic rings. The van der Waals surface area contributed by atoms with Gasteiger partial charge in [0, 0.05) is 18.1 Å². The number of aliphatic hydroxyl groups excluding tert-OH is 1. The number of aliphatic hydroxyl groups is 1. The minimum atomic E-state index is -0.153. The van der Waals surface area contributed by atoms with Crippen LogP contribution in [0.4, 0.5) is 0 Å². The maximum atomic E-state index is 13.6. The molecule has 4 aliphatic rings. The third kappa shape index (κ3) is 3.68. The Morgan fingerprint density at radius 1 is 1.12 bits per heavy atom. The molecule has 5 nitrogen and oxygen atoms in total. The molecule has 0 spiro atoms. The van der Waals surface area contributed by atoms with Gasteiger partial charge in [0.1, 0.15) is 11.3 Å². The zero-order valence-corrected chi connectivity index (χ0v) is 19.4. The molecule has 0 radical (unpaired) electrons. The molecule has 0 amide bonds. The fourth-order valence-corrected chi connectivity index (χ4v) is 7.25. The predicted octanol–water partition coefficient (Wildman–Crippen LogP) is 5.09. The molecule has 4 bridgehead atoms. The van der Waals surface area contributed by atoms with Crippen LogP contribution in [-0.2, 0) is 13.2 Å². The molecule has 32 heavy (non-hydrogen) atoms. The highest BCUT2D eigenvalue weighted by molar-refractivity contribution is 5.96. The maximum Gasteiger partial charge on any atom is 0.263 e. The summed E-state index contributed by atoms with van der Waals surface area (Å²) < 4.78 is 1.82. The highest BCUT2D eigenvalue weighted by Gasteiger charge is 2.50. The molecule has 172 valence electrons. The van der Waals surface area contributed by atoms with Crippen LogP contribution >= 0.6 is 0 Å². The summed E-state index contributed by atoms with van der Waals surface area (Å²) in [5.74, 6) is 2.35. The second-order valence-electron chi connectivity index (χ2n) is 10.8. The Labute approximate surface area is 190 Å². The van der Waals surface area contributed by atoms with E-state index in [1.165, 1.54) is 19.3 Å². The molecule has 0 aliphatic heterocycles. The van der Waals surface area contributed by atoms with Crippen LogP contribution in [0.5, 0.6) is 5.75 Å². The highest BCUT2D eigenvalue weighted by Crippen LogP contribution is 2.57. The Morgan fingerprint density at radius 2 is 1.78 bits per heavy atom. The van der Waals surface area contributed by atoms with Gasteiger partial charge in [0.05, 0.1) is 17.7 Å². The number of unbranched alkanes of at least 4 members (excludes halogenated alkanes) is 2. The lowest BCUT2D eigenvalue weighted by atomic mass is 9.53. The number of rotatable bonds is 7. The van der Waals surface area contributed by atoms with Gasteiger partial charge in [-0.05, 0) is 86.8 Å². The number of pyridine rings is 1. The Kier molecular flexibility index (Phi) is 5.65. The third-order valence-electron chi connectivity index (χ3n) is 8.26. The van der Waals surface area contributed by atoms with Gasteiger partial charge < -0.3 is 14.8 Å². The summed E-state index contributed by atoms with van der Waals surface area (Å²) in [4.78, 5) is 18.7. The summed E-state index contributed by atoms with van der Waals surface area (Å²) >= 11 is 0. The van der Waals surface area contributed by atoms with E-state index in [4.69, 9.17) is 4.99 Å². The standard InChI is InChI=1S/C27H36N2O3/c1-3-4-5-6-29-24-17(2)7-21(16-30)11-22(24)25(31)23(26(29)32)15-28-27-12-18-8-19(13-27)10-20(9-18)14-27/h7,11,15,18-20,30-31H,3-6,8-10,12-14,16H2,1-2H3. The van der Waals surface area contributed by atoms with Gasteiger partial charge >= 0.3 is 0 Å². The first-order chi connectivity index (χ1) is 15.4. The molecule has 4 aliphatic carbocycles. The number of aromatic nitrogens is 1. The molecule has 2 N–H and O–H groups in total. The van der Waals surface area contributed by atoms with E-state index in [9.17, 15) is 15.0 Å². The average molecular weight is 437 g/mol. The molecular weight excluding hydrogens is 400 g/mol. The van der Waals surface area contributed by atoms with Crippen molar-refractivity contribution in [3.63, 3.8) is 0 Å². The van der Waals surface area contributed by atoms with Crippen molar-refractivity contribution >= 4 is 17.1 Å². The first-order valence-electron chi connectivity index (χ1n) is 12.5. The molecule has 0 saturated heterocycles. The van der Waals surface area contributed by atoms with Crippen LogP contribution in [0.2, 0.25) is 0 Å². The van der Waals surface area contributed by atoms with E-state index in [2.05, 4.69) is 6.92 Å². The van der Waals surface area contributed by atoms with Crippen LogP contribution in [0.15, 0.2) is 21.9 Å². The lowest BCUT2D eigenvalue weighted by molar-refractivity contribution is 0.00194. The number of fused-ring (bicyclic) bond motifs is 1. The number of aryl methyl sites for hydroxylation is 2. The Hall–Kier alpha value is -2.14. The van der Waals surface area contributed by atoms with Crippen LogP contribution < -0.4 is 5.56 Å². The van der Waals surface area contributed by atoms with Crippen molar-refractivity contribution in [3.05, 3.63) is 39.2 Å². The lowest BCUT2D eigenvalue weighted by Crippen LogP contribution is -2.49. The minimum Gasteiger partial charge on any atom is -0.506 e. The van der Waals surface area contributed by atoms with Crippen molar-refractivity contribution in [2.75, 3.05) is 0 Å². The molecule has 1 aromatic heterocycles.